The lowest BCUT2D eigenvalue weighted by Gasteiger charge is -2.12. The SMILES string of the molecule is CCCCCCCCCCCCCCCCCCOCC(O)COCCCCCCCCCCCCCCCCCC. The first-order valence-electron chi connectivity index (χ1n) is 19.6. The quantitative estimate of drug-likeness (QED) is 0.0720. The van der Waals surface area contributed by atoms with Gasteiger partial charge in [-0.2, -0.15) is 0 Å². The largest absolute Gasteiger partial charge is 0.388 e. The van der Waals surface area contributed by atoms with Crippen molar-refractivity contribution < 1.29 is 14.6 Å². The summed E-state index contributed by atoms with van der Waals surface area (Å²) in [7, 11) is 0. The average molecular weight is 597 g/mol. The standard InChI is InChI=1S/C39H80O3/c1-3-5-7-9-11-13-15-17-19-21-23-25-27-29-31-33-35-41-37-39(40)38-42-36-34-32-30-28-26-24-22-20-18-16-14-12-10-8-6-4-2/h39-40H,3-38H2,1-2H3. The zero-order chi connectivity index (χ0) is 30.4. The minimum atomic E-state index is -0.480. The fraction of sp³-hybridized carbons (Fsp3) is 1.00. The van der Waals surface area contributed by atoms with Gasteiger partial charge < -0.3 is 14.6 Å². The van der Waals surface area contributed by atoms with Gasteiger partial charge in [0.05, 0.1) is 13.2 Å². The highest BCUT2D eigenvalue weighted by Gasteiger charge is 2.04. The average Bonchev–Trinajstić information content (AvgIpc) is 3.00. The summed E-state index contributed by atoms with van der Waals surface area (Å²) >= 11 is 0. The fourth-order valence-corrected chi connectivity index (χ4v) is 5.99. The van der Waals surface area contributed by atoms with Crippen molar-refractivity contribution >= 4 is 0 Å². The highest BCUT2D eigenvalue weighted by atomic mass is 16.5. The second-order valence-electron chi connectivity index (χ2n) is 13.4. The summed E-state index contributed by atoms with van der Waals surface area (Å²) in [5.41, 5.74) is 0. The third kappa shape index (κ3) is 37.9. The number of aliphatic hydroxyl groups excluding tert-OH is 1. The van der Waals surface area contributed by atoms with Crippen LogP contribution in [0.4, 0.5) is 0 Å². The van der Waals surface area contributed by atoms with Gasteiger partial charge in [-0.25, -0.2) is 0 Å². The number of rotatable bonds is 38. The van der Waals surface area contributed by atoms with E-state index in [-0.39, 0.29) is 0 Å². The Kier molecular flexibility index (Phi) is 38.8. The van der Waals surface area contributed by atoms with Crippen LogP contribution in [-0.4, -0.2) is 37.6 Å². The molecule has 0 rings (SSSR count). The molecule has 3 nitrogen and oxygen atoms in total. The van der Waals surface area contributed by atoms with Crippen LogP contribution in [0, 0.1) is 0 Å². The zero-order valence-corrected chi connectivity index (χ0v) is 29.3. The Morgan fingerprint density at radius 1 is 0.310 bits per heavy atom. The van der Waals surface area contributed by atoms with Gasteiger partial charge in [0, 0.05) is 13.2 Å². The van der Waals surface area contributed by atoms with E-state index in [0.29, 0.717) is 13.2 Å². The number of unbranched alkanes of at least 4 members (excludes halogenated alkanes) is 30. The first kappa shape index (κ1) is 41.9. The van der Waals surface area contributed by atoms with Crippen LogP contribution < -0.4 is 0 Å². The Balaban J connectivity index is 3.13. The van der Waals surface area contributed by atoms with E-state index in [4.69, 9.17) is 9.47 Å². The molecule has 0 aliphatic rings. The van der Waals surface area contributed by atoms with E-state index in [1.165, 1.54) is 193 Å². The van der Waals surface area contributed by atoms with Crippen molar-refractivity contribution in [2.75, 3.05) is 26.4 Å². The Labute approximate surface area is 266 Å². The molecular weight excluding hydrogens is 516 g/mol. The Morgan fingerprint density at radius 3 is 0.714 bits per heavy atom. The van der Waals surface area contributed by atoms with Gasteiger partial charge >= 0.3 is 0 Å². The maximum atomic E-state index is 10.1. The smallest absolute Gasteiger partial charge is 0.101 e. The summed E-state index contributed by atoms with van der Waals surface area (Å²) in [5.74, 6) is 0. The van der Waals surface area contributed by atoms with Crippen molar-refractivity contribution in [2.45, 2.75) is 225 Å². The van der Waals surface area contributed by atoms with Gasteiger partial charge in [-0.15, -0.1) is 0 Å². The van der Waals surface area contributed by atoms with Crippen LogP contribution in [-0.2, 0) is 9.47 Å². The molecule has 0 fully saturated rings. The monoisotopic (exact) mass is 597 g/mol. The summed E-state index contributed by atoms with van der Waals surface area (Å²) in [5, 5.41) is 10.1. The summed E-state index contributed by atoms with van der Waals surface area (Å²) in [6.45, 7) is 6.96. The molecule has 0 heterocycles. The lowest BCUT2D eigenvalue weighted by atomic mass is 10.0. The van der Waals surface area contributed by atoms with Crippen molar-refractivity contribution in [1.82, 2.24) is 0 Å². The minimum absolute atomic E-state index is 0.414. The molecule has 0 aliphatic heterocycles. The Hall–Kier alpha value is -0.120. The van der Waals surface area contributed by atoms with E-state index in [1.807, 2.05) is 0 Å². The van der Waals surface area contributed by atoms with Crippen molar-refractivity contribution in [2.24, 2.45) is 0 Å². The molecule has 0 spiro atoms. The minimum Gasteiger partial charge on any atom is -0.388 e. The molecule has 254 valence electrons. The van der Waals surface area contributed by atoms with Crippen LogP contribution in [0.1, 0.15) is 219 Å². The summed E-state index contributed by atoms with van der Waals surface area (Å²) in [6, 6.07) is 0. The second kappa shape index (κ2) is 38.9. The molecule has 0 atom stereocenters. The lowest BCUT2D eigenvalue weighted by molar-refractivity contribution is -0.0201. The molecule has 0 saturated heterocycles. The molecule has 42 heavy (non-hydrogen) atoms. The molecule has 0 radical (unpaired) electrons. The van der Waals surface area contributed by atoms with Crippen LogP contribution >= 0.6 is 0 Å². The number of ether oxygens (including phenoxy) is 2. The first-order valence-corrected chi connectivity index (χ1v) is 19.6. The zero-order valence-electron chi connectivity index (χ0n) is 29.3. The summed E-state index contributed by atoms with van der Waals surface area (Å²) in [6.07, 6.45) is 44.0. The third-order valence-corrected chi connectivity index (χ3v) is 8.90. The Bertz CT molecular complexity index is 415. The molecule has 0 aromatic rings. The van der Waals surface area contributed by atoms with E-state index in [1.54, 1.807) is 0 Å². The fourth-order valence-electron chi connectivity index (χ4n) is 5.99. The maximum absolute atomic E-state index is 10.1. The highest BCUT2D eigenvalue weighted by Crippen LogP contribution is 2.15. The molecule has 0 amide bonds. The van der Waals surface area contributed by atoms with Crippen LogP contribution in [0.2, 0.25) is 0 Å². The van der Waals surface area contributed by atoms with Gasteiger partial charge in [-0.1, -0.05) is 206 Å². The van der Waals surface area contributed by atoms with Crippen molar-refractivity contribution in [1.29, 1.82) is 0 Å². The molecule has 0 bridgehead atoms. The predicted molar refractivity (Wildman–Crippen MR) is 187 cm³/mol. The molecule has 0 saturated carbocycles. The van der Waals surface area contributed by atoms with Crippen molar-refractivity contribution in [3.8, 4) is 0 Å². The Morgan fingerprint density at radius 2 is 0.500 bits per heavy atom. The third-order valence-electron chi connectivity index (χ3n) is 8.90. The molecule has 3 heteroatoms. The van der Waals surface area contributed by atoms with Crippen molar-refractivity contribution in [3.05, 3.63) is 0 Å². The highest BCUT2D eigenvalue weighted by molar-refractivity contribution is 4.54. The number of aliphatic hydroxyl groups is 1. The van der Waals surface area contributed by atoms with Crippen LogP contribution in [0.5, 0.6) is 0 Å². The second-order valence-corrected chi connectivity index (χ2v) is 13.4. The number of hydrogen-bond donors (Lipinski definition) is 1. The predicted octanol–water partition coefficient (Wildman–Crippen LogP) is 12.9. The normalized spacial score (nSPS) is 11.7. The molecular formula is C39H80O3. The summed E-state index contributed by atoms with van der Waals surface area (Å²) in [4.78, 5) is 0. The van der Waals surface area contributed by atoms with Crippen molar-refractivity contribution in [3.63, 3.8) is 0 Å². The van der Waals surface area contributed by atoms with Crippen LogP contribution in [0.25, 0.3) is 0 Å². The van der Waals surface area contributed by atoms with Crippen LogP contribution in [0.15, 0.2) is 0 Å². The molecule has 0 unspecified atom stereocenters. The van der Waals surface area contributed by atoms with E-state index in [0.717, 1.165) is 26.1 Å². The van der Waals surface area contributed by atoms with E-state index in [2.05, 4.69) is 13.8 Å². The molecule has 0 aromatic heterocycles. The molecule has 1 N–H and O–H groups in total. The van der Waals surface area contributed by atoms with Gasteiger partial charge in [0.2, 0.25) is 0 Å². The van der Waals surface area contributed by atoms with E-state index >= 15 is 0 Å². The topological polar surface area (TPSA) is 38.7 Å². The summed E-state index contributed by atoms with van der Waals surface area (Å²) < 4.78 is 11.3. The van der Waals surface area contributed by atoms with Gasteiger partial charge in [-0.3, -0.25) is 0 Å². The van der Waals surface area contributed by atoms with E-state index < -0.39 is 6.10 Å². The van der Waals surface area contributed by atoms with Gasteiger partial charge in [0.1, 0.15) is 6.10 Å². The molecule has 0 aliphatic carbocycles. The first-order chi connectivity index (χ1) is 20.8. The van der Waals surface area contributed by atoms with Crippen LogP contribution in [0.3, 0.4) is 0 Å². The maximum Gasteiger partial charge on any atom is 0.101 e. The lowest BCUT2D eigenvalue weighted by Crippen LogP contribution is -2.22. The van der Waals surface area contributed by atoms with Gasteiger partial charge in [0.15, 0.2) is 0 Å². The van der Waals surface area contributed by atoms with Gasteiger partial charge in [0.25, 0.3) is 0 Å². The van der Waals surface area contributed by atoms with E-state index in [9.17, 15) is 5.11 Å². The number of hydrogen-bond acceptors (Lipinski definition) is 3. The molecule has 0 aromatic carbocycles. The van der Waals surface area contributed by atoms with Gasteiger partial charge in [-0.05, 0) is 12.8 Å².